The molecule has 1 heterocycles. The van der Waals surface area contributed by atoms with Crippen LogP contribution in [0.1, 0.15) is 35.7 Å². The van der Waals surface area contributed by atoms with Crippen molar-refractivity contribution in [3.63, 3.8) is 0 Å². The van der Waals surface area contributed by atoms with E-state index < -0.39 is 0 Å². The third kappa shape index (κ3) is 5.81. The minimum atomic E-state index is -0.260. The van der Waals surface area contributed by atoms with Crippen LogP contribution in [0, 0.1) is 12.8 Å². The highest BCUT2D eigenvalue weighted by molar-refractivity contribution is 6.42. The van der Waals surface area contributed by atoms with Crippen LogP contribution in [0.25, 0.3) is 0 Å². The normalized spacial score (nSPS) is 15.1. The first-order chi connectivity index (χ1) is 14.4. The highest BCUT2D eigenvalue weighted by atomic mass is 35.5. The number of carbonyl (C=O) groups excluding carboxylic acids is 1. The first kappa shape index (κ1) is 22.7. The van der Waals surface area contributed by atoms with Gasteiger partial charge in [0.1, 0.15) is 6.61 Å². The Labute approximate surface area is 188 Å². The number of hydrogen-bond acceptors (Lipinski definition) is 4. The summed E-state index contributed by atoms with van der Waals surface area (Å²) in [6.45, 7) is 7.78. The molecule has 0 saturated carbocycles. The number of hydrogen-bond donors (Lipinski definition) is 1. The van der Waals surface area contributed by atoms with E-state index >= 15 is 0 Å². The van der Waals surface area contributed by atoms with Crippen LogP contribution in [0.3, 0.4) is 0 Å². The molecule has 0 aromatic heterocycles. The predicted molar refractivity (Wildman–Crippen MR) is 122 cm³/mol. The molecular formula is C23H28Cl2N2O3. The van der Waals surface area contributed by atoms with E-state index in [2.05, 4.69) is 17.1 Å². The van der Waals surface area contributed by atoms with Crippen LogP contribution < -0.4 is 14.8 Å². The van der Waals surface area contributed by atoms with Gasteiger partial charge < -0.3 is 14.8 Å². The molecule has 7 heteroatoms. The van der Waals surface area contributed by atoms with Gasteiger partial charge >= 0.3 is 0 Å². The largest absolute Gasteiger partial charge is 0.493 e. The second-order valence-electron chi connectivity index (χ2n) is 7.77. The van der Waals surface area contributed by atoms with Crippen molar-refractivity contribution in [1.29, 1.82) is 0 Å². The van der Waals surface area contributed by atoms with Gasteiger partial charge in [-0.15, -0.1) is 0 Å². The van der Waals surface area contributed by atoms with Crippen molar-refractivity contribution in [2.75, 3.05) is 38.7 Å². The summed E-state index contributed by atoms with van der Waals surface area (Å²) in [5, 5.41) is 3.67. The summed E-state index contributed by atoms with van der Waals surface area (Å²) in [4.78, 5) is 15.1. The number of methoxy groups -OCH3 is 1. The van der Waals surface area contributed by atoms with E-state index in [1.807, 2.05) is 6.92 Å². The molecule has 5 nitrogen and oxygen atoms in total. The van der Waals surface area contributed by atoms with Gasteiger partial charge in [0.25, 0.3) is 5.91 Å². The number of piperidine rings is 1. The van der Waals surface area contributed by atoms with Crippen molar-refractivity contribution in [1.82, 2.24) is 4.90 Å². The van der Waals surface area contributed by atoms with Crippen LogP contribution in [0.4, 0.5) is 5.69 Å². The highest BCUT2D eigenvalue weighted by Gasteiger charge is 2.16. The Balaban J connectivity index is 1.65. The molecule has 30 heavy (non-hydrogen) atoms. The summed E-state index contributed by atoms with van der Waals surface area (Å²) in [7, 11) is 1.60. The maximum atomic E-state index is 12.7. The Morgan fingerprint density at radius 3 is 2.53 bits per heavy atom. The molecule has 0 radical (unpaired) electrons. The minimum Gasteiger partial charge on any atom is -0.493 e. The number of amides is 1. The fourth-order valence-corrected chi connectivity index (χ4v) is 3.91. The Morgan fingerprint density at radius 2 is 1.83 bits per heavy atom. The molecule has 2 aromatic carbocycles. The lowest BCUT2D eigenvalue weighted by Crippen LogP contribution is -2.35. The van der Waals surface area contributed by atoms with Crippen molar-refractivity contribution in [3.05, 3.63) is 51.5 Å². The van der Waals surface area contributed by atoms with Gasteiger partial charge in [-0.25, -0.2) is 0 Å². The third-order valence-electron chi connectivity index (χ3n) is 5.47. The topological polar surface area (TPSA) is 50.8 Å². The number of halogens is 2. The molecule has 0 unspecified atom stereocenters. The first-order valence-electron chi connectivity index (χ1n) is 10.2. The van der Waals surface area contributed by atoms with Gasteiger partial charge in [-0.3, -0.25) is 9.69 Å². The van der Waals surface area contributed by atoms with E-state index in [9.17, 15) is 4.79 Å². The predicted octanol–water partition coefficient (Wildman–Crippen LogP) is 5.67. The lowest BCUT2D eigenvalue weighted by Gasteiger charge is -2.30. The molecule has 1 N–H and O–H groups in total. The van der Waals surface area contributed by atoms with Gasteiger partial charge in [-0.1, -0.05) is 30.1 Å². The van der Waals surface area contributed by atoms with Gasteiger partial charge in [0.2, 0.25) is 0 Å². The van der Waals surface area contributed by atoms with Gasteiger partial charge in [0.15, 0.2) is 11.5 Å². The number of anilines is 1. The van der Waals surface area contributed by atoms with E-state index in [1.165, 1.54) is 12.8 Å². The highest BCUT2D eigenvalue weighted by Crippen LogP contribution is 2.31. The standard InChI is InChI=1S/C23H28Cl2N2O3/c1-15-6-8-27(9-7-15)10-11-30-22-13-17(4-5-21(22)29-3)26-23(28)18-14-20(25)19(24)12-16(18)2/h4-5,12-15H,6-11H2,1-3H3,(H,26,28). The maximum Gasteiger partial charge on any atom is 0.255 e. The molecular weight excluding hydrogens is 423 g/mol. The number of aryl methyl sites for hydroxylation is 1. The van der Waals surface area contributed by atoms with Crippen molar-refractivity contribution in [2.24, 2.45) is 5.92 Å². The molecule has 1 aliphatic rings. The van der Waals surface area contributed by atoms with E-state index in [4.69, 9.17) is 32.7 Å². The van der Waals surface area contributed by atoms with E-state index in [-0.39, 0.29) is 5.91 Å². The van der Waals surface area contributed by atoms with Crippen LogP contribution >= 0.6 is 23.2 Å². The summed E-state index contributed by atoms with van der Waals surface area (Å²) >= 11 is 12.1. The van der Waals surface area contributed by atoms with Crippen molar-refractivity contribution in [2.45, 2.75) is 26.7 Å². The third-order valence-corrected chi connectivity index (χ3v) is 6.20. The lowest BCUT2D eigenvalue weighted by atomic mass is 9.99. The number of ether oxygens (including phenoxy) is 2. The molecule has 0 spiro atoms. The van der Waals surface area contributed by atoms with Gasteiger partial charge in [0, 0.05) is 23.9 Å². The number of nitrogens with one attached hydrogen (secondary N) is 1. The summed E-state index contributed by atoms with van der Waals surface area (Å²) in [5.41, 5.74) is 1.85. The molecule has 2 aromatic rings. The number of likely N-dealkylation sites (tertiary alicyclic amines) is 1. The Hall–Kier alpha value is -1.95. The minimum absolute atomic E-state index is 0.260. The Kier molecular flexibility index (Phi) is 7.87. The molecule has 1 aliphatic heterocycles. The fourth-order valence-electron chi connectivity index (χ4n) is 3.53. The first-order valence-corrected chi connectivity index (χ1v) is 10.9. The molecule has 0 atom stereocenters. The zero-order valence-electron chi connectivity index (χ0n) is 17.6. The second-order valence-corrected chi connectivity index (χ2v) is 8.59. The van der Waals surface area contributed by atoms with Gasteiger partial charge in [0.05, 0.1) is 17.2 Å². The summed E-state index contributed by atoms with van der Waals surface area (Å²) in [6.07, 6.45) is 2.47. The molecule has 0 bridgehead atoms. The van der Waals surface area contributed by atoms with Crippen LogP contribution in [0.5, 0.6) is 11.5 Å². The number of benzene rings is 2. The average Bonchev–Trinajstić information content (AvgIpc) is 2.72. The molecule has 162 valence electrons. The molecule has 3 rings (SSSR count). The monoisotopic (exact) mass is 450 g/mol. The van der Waals surface area contributed by atoms with Crippen molar-refractivity contribution < 1.29 is 14.3 Å². The quantitative estimate of drug-likeness (QED) is 0.589. The van der Waals surface area contributed by atoms with Crippen molar-refractivity contribution >= 4 is 34.8 Å². The smallest absolute Gasteiger partial charge is 0.255 e. The maximum absolute atomic E-state index is 12.7. The van der Waals surface area contributed by atoms with Crippen LogP contribution in [0.15, 0.2) is 30.3 Å². The summed E-state index contributed by atoms with van der Waals surface area (Å²) < 4.78 is 11.4. The molecule has 1 amide bonds. The van der Waals surface area contributed by atoms with Crippen molar-refractivity contribution in [3.8, 4) is 11.5 Å². The van der Waals surface area contributed by atoms with Crippen LogP contribution in [0.2, 0.25) is 10.0 Å². The van der Waals surface area contributed by atoms with Crippen LogP contribution in [-0.2, 0) is 0 Å². The zero-order valence-corrected chi connectivity index (χ0v) is 19.1. The van der Waals surface area contributed by atoms with E-state index in [0.29, 0.717) is 39.4 Å². The van der Waals surface area contributed by atoms with E-state index in [0.717, 1.165) is 31.1 Å². The molecule has 1 saturated heterocycles. The second kappa shape index (κ2) is 10.4. The molecule has 0 aliphatic carbocycles. The van der Waals surface area contributed by atoms with Crippen LogP contribution in [-0.4, -0.2) is 44.2 Å². The number of rotatable bonds is 7. The zero-order chi connectivity index (χ0) is 21.7. The summed E-state index contributed by atoms with van der Waals surface area (Å²) in [5.74, 6) is 1.78. The summed E-state index contributed by atoms with van der Waals surface area (Å²) in [6, 6.07) is 8.61. The Morgan fingerprint density at radius 1 is 1.13 bits per heavy atom. The number of carbonyl (C=O) groups is 1. The molecule has 1 fully saturated rings. The average molecular weight is 451 g/mol. The fraction of sp³-hybridized carbons (Fsp3) is 0.435. The number of nitrogens with zero attached hydrogens (tertiary/aromatic N) is 1. The Bertz CT molecular complexity index is 896. The van der Waals surface area contributed by atoms with Gasteiger partial charge in [-0.05, 0) is 68.6 Å². The van der Waals surface area contributed by atoms with Gasteiger partial charge in [-0.2, -0.15) is 0 Å². The lowest BCUT2D eigenvalue weighted by molar-refractivity contribution is 0.102. The van der Waals surface area contributed by atoms with E-state index in [1.54, 1.807) is 37.4 Å². The SMILES string of the molecule is COc1ccc(NC(=O)c2cc(Cl)c(Cl)cc2C)cc1OCCN1CCC(C)CC1.